The molecule has 3 N–H and O–H groups in total. The van der Waals surface area contributed by atoms with E-state index in [-0.39, 0.29) is 11.5 Å². The molecule has 3 aromatic rings. The average Bonchev–Trinajstić information content (AvgIpc) is 2.98. The van der Waals surface area contributed by atoms with E-state index in [9.17, 15) is 4.79 Å². The molecule has 3 aromatic heterocycles. The van der Waals surface area contributed by atoms with E-state index in [1.165, 1.54) is 6.07 Å². The van der Waals surface area contributed by atoms with Crippen molar-refractivity contribution in [2.75, 3.05) is 36.8 Å². The normalized spacial score (nSPS) is 15.7. The van der Waals surface area contributed by atoms with E-state index in [1.54, 1.807) is 0 Å². The second kappa shape index (κ2) is 6.41. The zero-order valence-electron chi connectivity index (χ0n) is 14.9. The summed E-state index contributed by atoms with van der Waals surface area (Å²) in [7, 11) is 0. The number of nitrogens with one attached hydrogen (secondary N) is 1. The molecule has 0 aromatic carbocycles. The Kier molecular flexibility index (Phi) is 4.08. The molecule has 0 amide bonds. The van der Waals surface area contributed by atoms with Gasteiger partial charge in [0.15, 0.2) is 5.65 Å². The van der Waals surface area contributed by atoms with Gasteiger partial charge in [-0.3, -0.25) is 14.7 Å². The van der Waals surface area contributed by atoms with Crippen LogP contribution in [-0.2, 0) is 6.54 Å². The zero-order valence-corrected chi connectivity index (χ0v) is 14.9. The smallest absolute Gasteiger partial charge is 0.254 e. The maximum atomic E-state index is 11.6. The van der Waals surface area contributed by atoms with Gasteiger partial charge in [0.2, 0.25) is 5.95 Å². The van der Waals surface area contributed by atoms with Gasteiger partial charge < -0.3 is 10.6 Å². The SMILES string of the molecule is Cc1cc(C)n2ncc(CN3CCN(c4cc(=O)[nH]c(N)n4)CC3)c2n1. The van der Waals surface area contributed by atoms with Crippen molar-refractivity contribution in [2.45, 2.75) is 20.4 Å². The van der Waals surface area contributed by atoms with Gasteiger partial charge >= 0.3 is 0 Å². The Balaban J connectivity index is 1.47. The van der Waals surface area contributed by atoms with E-state index in [4.69, 9.17) is 5.73 Å². The first-order chi connectivity index (χ1) is 12.5. The Morgan fingerprint density at radius 1 is 1.15 bits per heavy atom. The lowest BCUT2D eigenvalue weighted by Crippen LogP contribution is -2.46. The lowest BCUT2D eigenvalue weighted by atomic mass is 10.2. The third kappa shape index (κ3) is 3.13. The molecule has 0 saturated carbocycles. The molecule has 4 heterocycles. The van der Waals surface area contributed by atoms with E-state index >= 15 is 0 Å². The zero-order chi connectivity index (χ0) is 18.3. The number of nitrogens with zero attached hydrogens (tertiary/aromatic N) is 6. The summed E-state index contributed by atoms with van der Waals surface area (Å²) >= 11 is 0. The summed E-state index contributed by atoms with van der Waals surface area (Å²) in [6, 6.07) is 3.52. The van der Waals surface area contributed by atoms with Gasteiger partial charge in [0.1, 0.15) is 5.82 Å². The van der Waals surface area contributed by atoms with Crippen LogP contribution in [0.3, 0.4) is 0 Å². The molecule has 1 aliphatic rings. The van der Waals surface area contributed by atoms with Crippen LogP contribution < -0.4 is 16.2 Å². The molecule has 26 heavy (non-hydrogen) atoms. The second-order valence-electron chi connectivity index (χ2n) is 6.70. The van der Waals surface area contributed by atoms with E-state index in [0.717, 1.165) is 55.3 Å². The Morgan fingerprint density at radius 3 is 2.65 bits per heavy atom. The van der Waals surface area contributed by atoms with Crippen molar-refractivity contribution in [1.82, 2.24) is 29.5 Å². The standard InChI is InChI=1S/C17H22N8O/c1-11-7-12(2)25-16(20-11)13(9-19-25)10-23-3-5-24(6-4-23)14-8-15(26)22-17(18)21-14/h7-9H,3-6,10H2,1-2H3,(H3,18,21,22,26). The quantitative estimate of drug-likeness (QED) is 0.698. The van der Waals surface area contributed by atoms with Gasteiger partial charge in [-0.1, -0.05) is 0 Å². The molecule has 0 bridgehead atoms. The summed E-state index contributed by atoms with van der Waals surface area (Å²) in [6.45, 7) is 8.17. The largest absolute Gasteiger partial charge is 0.369 e. The van der Waals surface area contributed by atoms with E-state index in [0.29, 0.717) is 5.82 Å². The molecular formula is C17H22N8O. The van der Waals surface area contributed by atoms with Crippen LogP contribution in [0.2, 0.25) is 0 Å². The lowest BCUT2D eigenvalue weighted by molar-refractivity contribution is 0.250. The maximum absolute atomic E-state index is 11.6. The predicted molar refractivity (Wildman–Crippen MR) is 99.2 cm³/mol. The highest BCUT2D eigenvalue weighted by Crippen LogP contribution is 2.17. The number of nitrogen functional groups attached to an aromatic ring is 1. The predicted octanol–water partition coefficient (Wildman–Crippen LogP) is 0.334. The average molecular weight is 354 g/mol. The Labute approximate surface area is 150 Å². The molecule has 0 radical (unpaired) electrons. The van der Waals surface area contributed by atoms with Gasteiger partial charge in [0, 0.05) is 55.7 Å². The summed E-state index contributed by atoms with van der Waals surface area (Å²) in [5.74, 6) is 0.785. The minimum atomic E-state index is -0.224. The lowest BCUT2D eigenvalue weighted by Gasteiger charge is -2.35. The molecule has 0 aliphatic carbocycles. The molecule has 1 saturated heterocycles. The molecule has 0 unspecified atom stereocenters. The first-order valence-corrected chi connectivity index (χ1v) is 8.64. The van der Waals surface area contributed by atoms with Crippen LogP contribution >= 0.6 is 0 Å². The highest BCUT2D eigenvalue weighted by Gasteiger charge is 2.20. The number of hydrogen-bond acceptors (Lipinski definition) is 7. The molecule has 0 atom stereocenters. The molecule has 0 spiro atoms. The van der Waals surface area contributed by atoms with Gasteiger partial charge in [0.05, 0.1) is 6.20 Å². The minimum Gasteiger partial charge on any atom is -0.369 e. The molecular weight excluding hydrogens is 332 g/mol. The number of anilines is 2. The summed E-state index contributed by atoms with van der Waals surface area (Å²) in [4.78, 5) is 27.4. The van der Waals surface area contributed by atoms with Crippen molar-refractivity contribution in [1.29, 1.82) is 0 Å². The fourth-order valence-electron chi connectivity index (χ4n) is 3.43. The number of piperazine rings is 1. The fourth-order valence-corrected chi connectivity index (χ4v) is 3.43. The maximum Gasteiger partial charge on any atom is 0.254 e. The van der Waals surface area contributed by atoms with Gasteiger partial charge in [-0.05, 0) is 19.9 Å². The monoisotopic (exact) mass is 354 g/mol. The van der Waals surface area contributed by atoms with Crippen molar-refractivity contribution >= 4 is 17.4 Å². The topological polar surface area (TPSA) is 108 Å². The van der Waals surface area contributed by atoms with Crippen LogP contribution in [0.4, 0.5) is 11.8 Å². The number of rotatable bonds is 3. The molecule has 4 rings (SSSR count). The number of aromatic nitrogens is 5. The summed E-state index contributed by atoms with van der Waals surface area (Å²) in [6.07, 6.45) is 1.90. The van der Waals surface area contributed by atoms with Gasteiger partial charge in [-0.25, -0.2) is 9.50 Å². The van der Waals surface area contributed by atoms with Crippen LogP contribution in [-0.4, -0.2) is 55.6 Å². The number of H-pyrrole nitrogens is 1. The first kappa shape index (κ1) is 16.5. The number of hydrogen-bond donors (Lipinski definition) is 2. The van der Waals surface area contributed by atoms with Crippen molar-refractivity contribution < 1.29 is 0 Å². The number of nitrogens with two attached hydrogens (primary N) is 1. The van der Waals surface area contributed by atoms with Crippen LogP contribution in [0.25, 0.3) is 5.65 Å². The number of aromatic amines is 1. The molecule has 1 fully saturated rings. The van der Waals surface area contributed by atoms with Crippen LogP contribution in [0.15, 0.2) is 23.1 Å². The summed E-state index contributed by atoms with van der Waals surface area (Å²) in [5, 5.41) is 4.46. The van der Waals surface area contributed by atoms with Crippen molar-refractivity contribution in [3.05, 3.63) is 45.6 Å². The number of fused-ring (bicyclic) bond motifs is 1. The van der Waals surface area contributed by atoms with Gasteiger partial charge in [0.25, 0.3) is 5.56 Å². The van der Waals surface area contributed by atoms with Crippen LogP contribution in [0.1, 0.15) is 17.0 Å². The van der Waals surface area contributed by atoms with Crippen LogP contribution in [0.5, 0.6) is 0 Å². The Morgan fingerprint density at radius 2 is 1.92 bits per heavy atom. The fraction of sp³-hybridized carbons (Fsp3) is 0.412. The third-order valence-corrected chi connectivity index (χ3v) is 4.69. The van der Waals surface area contributed by atoms with E-state index in [2.05, 4.69) is 29.9 Å². The first-order valence-electron chi connectivity index (χ1n) is 8.64. The Hall–Kier alpha value is -2.94. The van der Waals surface area contributed by atoms with Gasteiger partial charge in [-0.15, -0.1) is 0 Å². The molecule has 1 aliphatic heterocycles. The minimum absolute atomic E-state index is 0.151. The van der Waals surface area contributed by atoms with Crippen molar-refractivity contribution in [3.63, 3.8) is 0 Å². The molecule has 9 heteroatoms. The van der Waals surface area contributed by atoms with Crippen LogP contribution in [0, 0.1) is 13.8 Å². The summed E-state index contributed by atoms with van der Waals surface area (Å²) in [5.41, 5.74) is 9.55. The third-order valence-electron chi connectivity index (χ3n) is 4.69. The van der Waals surface area contributed by atoms with E-state index in [1.807, 2.05) is 30.6 Å². The highest BCUT2D eigenvalue weighted by molar-refractivity contribution is 5.48. The second-order valence-corrected chi connectivity index (χ2v) is 6.70. The van der Waals surface area contributed by atoms with Crippen molar-refractivity contribution in [3.8, 4) is 0 Å². The number of aryl methyl sites for hydroxylation is 2. The molecule has 9 nitrogen and oxygen atoms in total. The highest BCUT2D eigenvalue weighted by atomic mass is 16.1. The summed E-state index contributed by atoms with van der Waals surface area (Å²) < 4.78 is 1.89. The molecule has 136 valence electrons. The van der Waals surface area contributed by atoms with Crippen molar-refractivity contribution in [2.24, 2.45) is 0 Å². The van der Waals surface area contributed by atoms with E-state index < -0.39 is 0 Å². The Bertz CT molecular complexity index is 1000. The van der Waals surface area contributed by atoms with Gasteiger partial charge in [-0.2, -0.15) is 10.1 Å².